The minimum Gasteiger partial charge on any atom is -0.480 e. The van der Waals surface area contributed by atoms with Crippen LogP contribution in [-0.2, 0) is 19.1 Å². The van der Waals surface area contributed by atoms with E-state index in [-0.39, 0.29) is 12.5 Å². The third kappa shape index (κ3) is 5.81. The van der Waals surface area contributed by atoms with Crippen LogP contribution < -0.4 is 5.32 Å². The lowest BCUT2D eigenvalue weighted by Crippen LogP contribution is -2.45. The van der Waals surface area contributed by atoms with Gasteiger partial charge in [-0.25, -0.2) is 9.59 Å². The van der Waals surface area contributed by atoms with E-state index in [9.17, 15) is 19.5 Å². The fourth-order valence-electron chi connectivity index (χ4n) is 2.77. The molecule has 1 saturated carbocycles. The first-order valence-electron chi connectivity index (χ1n) is 8.39. The molecule has 1 aromatic heterocycles. The number of carbonyl (C=O) groups excluding carboxylic acids is 2. The van der Waals surface area contributed by atoms with Gasteiger partial charge in [0.1, 0.15) is 11.6 Å². The maximum atomic E-state index is 12.2. The van der Waals surface area contributed by atoms with Crippen molar-refractivity contribution in [3.05, 3.63) is 6.33 Å². The van der Waals surface area contributed by atoms with Crippen LogP contribution in [0.4, 0.5) is 4.79 Å². The summed E-state index contributed by atoms with van der Waals surface area (Å²) >= 11 is 1.23. The smallest absolute Gasteiger partial charge is 0.408 e. The first-order chi connectivity index (χ1) is 12.6. The number of alkyl carbamates (subject to hydrolysis) is 1. The number of nitrogens with zero attached hydrogens (tertiary/aromatic N) is 4. The molecular weight excluding hydrogens is 378 g/mol. The van der Waals surface area contributed by atoms with Crippen molar-refractivity contribution < 1.29 is 29.0 Å². The molecule has 4 unspecified atom stereocenters. The zero-order valence-electron chi connectivity index (χ0n) is 15.5. The topological polar surface area (TPSA) is 146 Å². The Bertz CT molecular complexity index is 677. The van der Waals surface area contributed by atoms with E-state index in [0.717, 1.165) is 0 Å². The highest BCUT2D eigenvalue weighted by Gasteiger charge is 2.61. The molecule has 4 atom stereocenters. The average molecular weight is 401 g/mol. The highest BCUT2D eigenvalue weighted by molar-refractivity contribution is 7.97. The van der Waals surface area contributed by atoms with Crippen molar-refractivity contribution in [3.63, 3.8) is 0 Å². The maximum absolute atomic E-state index is 12.2. The van der Waals surface area contributed by atoms with Crippen LogP contribution >= 0.6 is 11.9 Å². The summed E-state index contributed by atoms with van der Waals surface area (Å²) in [6.45, 7) is 6.88. The fourth-order valence-corrected chi connectivity index (χ4v) is 3.72. The Morgan fingerprint density at radius 2 is 2.07 bits per heavy atom. The summed E-state index contributed by atoms with van der Waals surface area (Å²) in [5.41, 5.74) is -0.771. The molecule has 0 aromatic carbocycles. The summed E-state index contributed by atoms with van der Waals surface area (Å²) in [5, 5.41) is 22.7. The van der Waals surface area contributed by atoms with Crippen molar-refractivity contribution in [1.29, 1.82) is 0 Å². The number of ether oxygens (including phenoxy) is 2. The fraction of sp³-hybridized carbons (Fsp3) is 0.733. The minimum atomic E-state index is -1.27. The average Bonchev–Trinajstić information content (AvgIpc) is 2.99. The number of amides is 1. The van der Waals surface area contributed by atoms with Gasteiger partial charge < -0.3 is 19.9 Å². The van der Waals surface area contributed by atoms with Crippen molar-refractivity contribution in [1.82, 2.24) is 24.9 Å². The van der Waals surface area contributed by atoms with Crippen LogP contribution in [0, 0.1) is 17.8 Å². The summed E-state index contributed by atoms with van der Waals surface area (Å²) in [6.07, 6.45) is 0.547. The summed E-state index contributed by atoms with van der Waals surface area (Å²) in [7, 11) is 0. The zero-order chi connectivity index (χ0) is 20.2. The number of carbonyl (C=O) groups is 3. The van der Waals surface area contributed by atoms with Gasteiger partial charge in [-0.2, -0.15) is 4.09 Å². The van der Waals surface area contributed by atoms with E-state index in [1.54, 1.807) is 27.7 Å². The number of esters is 1. The molecule has 0 saturated heterocycles. The molecule has 0 spiro atoms. The van der Waals surface area contributed by atoms with Gasteiger partial charge in [-0.05, 0) is 56.0 Å². The van der Waals surface area contributed by atoms with Gasteiger partial charge in [-0.15, -0.1) is 5.10 Å². The summed E-state index contributed by atoms with van der Waals surface area (Å²) in [4.78, 5) is 35.9. The first kappa shape index (κ1) is 20.9. The predicted octanol–water partition coefficient (Wildman–Crippen LogP) is 0.573. The number of nitrogens with one attached hydrogen (secondary N) is 1. The van der Waals surface area contributed by atoms with E-state index in [2.05, 4.69) is 20.8 Å². The normalized spacial score (nSPS) is 22.6. The lowest BCUT2D eigenvalue weighted by atomic mass is 10.1. The van der Waals surface area contributed by atoms with E-state index in [0.29, 0.717) is 5.75 Å². The van der Waals surface area contributed by atoms with E-state index in [1.807, 2.05) is 0 Å². The van der Waals surface area contributed by atoms with Crippen LogP contribution in [0.15, 0.2) is 6.33 Å². The van der Waals surface area contributed by atoms with Gasteiger partial charge in [0.25, 0.3) is 0 Å². The molecular formula is C15H23N5O6S. The van der Waals surface area contributed by atoms with Crippen LogP contribution in [0.25, 0.3) is 0 Å². The van der Waals surface area contributed by atoms with Gasteiger partial charge in [0.05, 0.1) is 12.5 Å². The minimum absolute atomic E-state index is 0.187. The highest BCUT2D eigenvalue weighted by atomic mass is 32.2. The number of tetrazole rings is 1. The van der Waals surface area contributed by atoms with Crippen LogP contribution in [-0.4, -0.2) is 66.8 Å². The summed E-state index contributed by atoms with van der Waals surface area (Å²) in [6, 6.07) is -1.27. The molecule has 11 nitrogen and oxygen atoms in total. The van der Waals surface area contributed by atoms with E-state index >= 15 is 0 Å². The first-order valence-corrected chi connectivity index (χ1v) is 9.33. The molecule has 2 rings (SSSR count). The molecule has 150 valence electrons. The van der Waals surface area contributed by atoms with Crippen LogP contribution in [0.5, 0.6) is 0 Å². The van der Waals surface area contributed by atoms with Crippen molar-refractivity contribution in [3.8, 4) is 0 Å². The van der Waals surface area contributed by atoms with Crippen molar-refractivity contribution >= 4 is 30.0 Å². The summed E-state index contributed by atoms with van der Waals surface area (Å²) in [5.74, 6) is -2.90. The molecule has 1 aliphatic rings. The van der Waals surface area contributed by atoms with Gasteiger partial charge in [0.2, 0.25) is 0 Å². The van der Waals surface area contributed by atoms with E-state index in [4.69, 9.17) is 9.47 Å². The third-order valence-corrected chi connectivity index (χ3v) is 4.81. The molecule has 1 fully saturated rings. The zero-order valence-corrected chi connectivity index (χ0v) is 16.3. The lowest BCUT2D eigenvalue weighted by molar-refractivity contribution is -0.145. The summed E-state index contributed by atoms with van der Waals surface area (Å²) < 4.78 is 11.6. The van der Waals surface area contributed by atoms with Crippen LogP contribution in [0.1, 0.15) is 27.7 Å². The lowest BCUT2D eigenvalue weighted by Gasteiger charge is -2.22. The molecule has 0 aliphatic heterocycles. The predicted molar refractivity (Wildman–Crippen MR) is 93.6 cm³/mol. The highest BCUT2D eigenvalue weighted by Crippen LogP contribution is 2.51. The molecule has 1 aromatic rings. The quantitative estimate of drug-likeness (QED) is 0.593. The molecule has 12 heteroatoms. The number of carboxylic acid groups (broad SMARTS) is 1. The van der Waals surface area contributed by atoms with Crippen LogP contribution in [0.2, 0.25) is 0 Å². The Kier molecular flexibility index (Phi) is 6.63. The van der Waals surface area contributed by atoms with Gasteiger partial charge in [-0.3, -0.25) is 4.79 Å². The molecule has 1 aliphatic carbocycles. The standard InChI is InChI=1S/C15H23N5O6S/c1-5-25-13(23)10-8(6-27-20-7-16-18-19-20)9(10)11(12(21)22)17-14(24)26-15(2,3)4/h7-11H,5-6H2,1-4H3,(H,17,24)(H,21,22). The number of hydrogen-bond donors (Lipinski definition) is 2. The second-order valence-corrected chi connectivity index (χ2v) is 7.95. The van der Waals surface area contributed by atoms with Gasteiger partial charge >= 0.3 is 18.0 Å². The molecule has 1 amide bonds. The third-order valence-electron chi connectivity index (χ3n) is 3.84. The Balaban J connectivity index is 2.08. The van der Waals surface area contributed by atoms with Crippen LogP contribution in [0.3, 0.4) is 0 Å². The number of carboxylic acids is 1. The number of aliphatic carboxylic acids is 1. The Labute approximate surface area is 160 Å². The Hall–Kier alpha value is -2.37. The van der Waals surface area contributed by atoms with E-state index < -0.39 is 41.5 Å². The van der Waals surface area contributed by atoms with Crippen molar-refractivity contribution in [2.24, 2.45) is 17.8 Å². The van der Waals surface area contributed by atoms with Crippen molar-refractivity contribution in [2.75, 3.05) is 12.4 Å². The van der Waals surface area contributed by atoms with Gasteiger partial charge in [-0.1, -0.05) is 0 Å². The number of hydrogen-bond acceptors (Lipinski definition) is 9. The molecule has 0 radical (unpaired) electrons. The van der Waals surface area contributed by atoms with Crippen molar-refractivity contribution in [2.45, 2.75) is 39.3 Å². The number of rotatable bonds is 8. The molecule has 27 heavy (non-hydrogen) atoms. The molecule has 1 heterocycles. The second-order valence-electron chi connectivity index (χ2n) is 6.99. The maximum Gasteiger partial charge on any atom is 0.408 e. The Morgan fingerprint density at radius 1 is 1.37 bits per heavy atom. The molecule has 2 N–H and O–H groups in total. The SMILES string of the molecule is CCOC(=O)C1C(CSn2cnnn2)C1C(NC(=O)OC(C)(C)C)C(=O)O. The second kappa shape index (κ2) is 8.55. The van der Waals surface area contributed by atoms with Gasteiger partial charge in [0, 0.05) is 11.7 Å². The monoisotopic (exact) mass is 401 g/mol. The largest absolute Gasteiger partial charge is 0.480 e. The number of aromatic nitrogens is 4. The molecule has 0 bridgehead atoms. The Morgan fingerprint density at radius 3 is 2.59 bits per heavy atom. The van der Waals surface area contributed by atoms with E-state index in [1.165, 1.54) is 22.4 Å². The van der Waals surface area contributed by atoms with Gasteiger partial charge in [0.15, 0.2) is 6.33 Å².